The summed E-state index contributed by atoms with van der Waals surface area (Å²) in [6, 6.07) is 0. The van der Waals surface area contributed by atoms with Crippen LogP contribution in [0.5, 0.6) is 0 Å². The van der Waals surface area contributed by atoms with Crippen molar-refractivity contribution in [1.82, 2.24) is 13.6 Å². The molecular weight excluding hydrogens is 291 g/mol. The van der Waals surface area contributed by atoms with Gasteiger partial charge in [0.1, 0.15) is 5.01 Å². The minimum absolute atomic E-state index is 0.0928. The zero-order valence-electron chi connectivity index (χ0n) is 9.89. The standard InChI is InChI=1S/C8H12F3N3O2S2/c1-13(2)18(15,16)14(3)4-7-12-6(5-17-7)8(9,10)11/h5H,4H2,1-3H3. The van der Waals surface area contributed by atoms with Crippen molar-refractivity contribution >= 4 is 21.5 Å². The Kier molecular flexibility index (Phi) is 4.36. The molecule has 0 saturated heterocycles. The maximum Gasteiger partial charge on any atom is 0.434 e. The molecule has 0 aliphatic carbocycles. The minimum Gasteiger partial charge on any atom is -0.235 e. The summed E-state index contributed by atoms with van der Waals surface area (Å²) in [5.74, 6) is 0. The normalized spacial score (nSPS) is 13.6. The van der Waals surface area contributed by atoms with E-state index in [-0.39, 0.29) is 11.6 Å². The van der Waals surface area contributed by atoms with Crippen molar-refractivity contribution in [2.24, 2.45) is 0 Å². The Hall–Kier alpha value is -0.710. The van der Waals surface area contributed by atoms with Crippen LogP contribution in [0.2, 0.25) is 0 Å². The molecule has 5 nitrogen and oxygen atoms in total. The summed E-state index contributed by atoms with van der Waals surface area (Å²) < 4.78 is 62.1. The molecule has 104 valence electrons. The first-order chi connectivity index (χ1) is 8.05. The van der Waals surface area contributed by atoms with E-state index in [0.717, 1.165) is 25.3 Å². The lowest BCUT2D eigenvalue weighted by molar-refractivity contribution is -0.140. The van der Waals surface area contributed by atoms with Gasteiger partial charge in [-0.05, 0) is 0 Å². The van der Waals surface area contributed by atoms with Crippen LogP contribution in [0.15, 0.2) is 5.38 Å². The molecule has 0 amide bonds. The summed E-state index contributed by atoms with van der Waals surface area (Å²) in [6.45, 7) is -0.193. The van der Waals surface area contributed by atoms with E-state index in [1.807, 2.05) is 0 Å². The Morgan fingerprint density at radius 2 is 1.89 bits per heavy atom. The average molecular weight is 303 g/mol. The fourth-order valence-electron chi connectivity index (χ4n) is 1.06. The van der Waals surface area contributed by atoms with Crippen molar-refractivity contribution in [2.45, 2.75) is 12.7 Å². The van der Waals surface area contributed by atoms with Crippen LogP contribution < -0.4 is 0 Å². The fourth-order valence-corrected chi connectivity index (χ4v) is 2.84. The van der Waals surface area contributed by atoms with E-state index in [2.05, 4.69) is 4.98 Å². The van der Waals surface area contributed by atoms with Crippen molar-refractivity contribution < 1.29 is 21.6 Å². The molecule has 0 aliphatic rings. The van der Waals surface area contributed by atoms with E-state index in [1.54, 1.807) is 0 Å². The molecule has 0 atom stereocenters. The maximum atomic E-state index is 12.3. The van der Waals surface area contributed by atoms with Crippen LogP contribution in [-0.4, -0.2) is 43.2 Å². The van der Waals surface area contributed by atoms with Gasteiger partial charge in [-0.3, -0.25) is 0 Å². The second-order valence-electron chi connectivity index (χ2n) is 3.67. The van der Waals surface area contributed by atoms with Crippen LogP contribution in [0.25, 0.3) is 0 Å². The van der Waals surface area contributed by atoms with Crippen molar-refractivity contribution in [3.8, 4) is 0 Å². The molecule has 1 rings (SSSR count). The van der Waals surface area contributed by atoms with Crippen LogP contribution in [0, 0.1) is 0 Å². The molecule has 10 heteroatoms. The van der Waals surface area contributed by atoms with Gasteiger partial charge in [0.25, 0.3) is 10.2 Å². The quantitative estimate of drug-likeness (QED) is 0.845. The summed E-state index contributed by atoms with van der Waals surface area (Å²) in [5.41, 5.74) is -1.00. The zero-order chi connectivity index (χ0) is 14.1. The average Bonchev–Trinajstić information content (AvgIpc) is 2.65. The lowest BCUT2D eigenvalue weighted by Crippen LogP contribution is -2.36. The maximum absolute atomic E-state index is 12.3. The second kappa shape index (κ2) is 5.11. The molecule has 0 aliphatic heterocycles. The molecule has 18 heavy (non-hydrogen) atoms. The van der Waals surface area contributed by atoms with Gasteiger partial charge in [0.2, 0.25) is 0 Å². The Bertz CT molecular complexity index is 510. The van der Waals surface area contributed by atoms with Gasteiger partial charge >= 0.3 is 6.18 Å². The van der Waals surface area contributed by atoms with Crippen LogP contribution in [-0.2, 0) is 22.9 Å². The lowest BCUT2D eigenvalue weighted by Gasteiger charge is -2.20. The van der Waals surface area contributed by atoms with Crippen LogP contribution in [0.4, 0.5) is 13.2 Å². The largest absolute Gasteiger partial charge is 0.434 e. The van der Waals surface area contributed by atoms with Crippen molar-refractivity contribution in [2.75, 3.05) is 21.1 Å². The molecule has 0 saturated carbocycles. The Labute approximate surface area is 107 Å². The van der Waals surface area contributed by atoms with E-state index in [1.165, 1.54) is 21.1 Å². The third-order valence-electron chi connectivity index (χ3n) is 2.06. The zero-order valence-corrected chi connectivity index (χ0v) is 11.5. The van der Waals surface area contributed by atoms with Gasteiger partial charge in [0, 0.05) is 26.5 Å². The molecular formula is C8H12F3N3O2S2. The predicted octanol–water partition coefficient (Wildman–Crippen LogP) is 1.40. The molecule has 0 spiro atoms. The molecule has 0 unspecified atom stereocenters. The van der Waals surface area contributed by atoms with Gasteiger partial charge < -0.3 is 0 Å². The molecule has 0 bridgehead atoms. The number of nitrogens with zero attached hydrogens (tertiary/aromatic N) is 3. The lowest BCUT2D eigenvalue weighted by atomic mass is 10.5. The van der Waals surface area contributed by atoms with E-state index in [4.69, 9.17) is 0 Å². The number of halogens is 3. The molecule has 1 heterocycles. The van der Waals surface area contributed by atoms with Crippen LogP contribution >= 0.6 is 11.3 Å². The van der Waals surface area contributed by atoms with Crippen molar-refractivity contribution in [1.29, 1.82) is 0 Å². The van der Waals surface area contributed by atoms with E-state index in [9.17, 15) is 21.6 Å². The Morgan fingerprint density at radius 1 is 1.33 bits per heavy atom. The summed E-state index contributed by atoms with van der Waals surface area (Å²) in [4.78, 5) is 3.36. The molecule has 0 aromatic carbocycles. The van der Waals surface area contributed by atoms with Gasteiger partial charge in [-0.15, -0.1) is 11.3 Å². The number of thiazole rings is 1. The molecule has 0 fully saturated rings. The number of rotatable bonds is 4. The SMILES string of the molecule is CN(C)S(=O)(=O)N(C)Cc1nc(C(F)(F)F)cs1. The Balaban J connectivity index is 2.84. The van der Waals surface area contributed by atoms with Gasteiger partial charge in [0.05, 0.1) is 6.54 Å². The highest BCUT2D eigenvalue weighted by molar-refractivity contribution is 7.86. The molecule has 0 N–H and O–H groups in total. The van der Waals surface area contributed by atoms with Gasteiger partial charge in [0.15, 0.2) is 5.69 Å². The fraction of sp³-hybridized carbons (Fsp3) is 0.625. The van der Waals surface area contributed by atoms with Gasteiger partial charge in [-0.1, -0.05) is 0 Å². The first kappa shape index (κ1) is 15.3. The minimum atomic E-state index is -4.51. The number of aromatic nitrogens is 1. The van der Waals surface area contributed by atoms with E-state index in [0.29, 0.717) is 0 Å². The molecule has 1 aromatic rings. The Morgan fingerprint density at radius 3 is 2.28 bits per heavy atom. The number of hydrogen-bond donors (Lipinski definition) is 0. The van der Waals surface area contributed by atoms with Gasteiger partial charge in [-0.2, -0.15) is 30.2 Å². The highest BCUT2D eigenvalue weighted by Crippen LogP contribution is 2.30. The van der Waals surface area contributed by atoms with Crippen LogP contribution in [0.1, 0.15) is 10.7 Å². The topological polar surface area (TPSA) is 53.5 Å². The third kappa shape index (κ3) is 3.40. The number of alkyl halides is 3. The summed E-state index contributed by atoms with van der Waals surface area (Å²) in [6.07, 6.45) is -4.51. The molecule has 1 aromatic heterocycles. The summed E-state index contributed by atoms with van der Waals surface area (Å²) in [7, 11) is 0.317. The monoisotopic (exact) mass is 303 g/mol. The third-order valence-corrected chi connectivity index (χ3v) is 4.73. The van der Waals surface area contributed by atoms with Crippen LogP contribution in [0.3, 0.4) is 0 Å². The summed E-state index contributed by atoms with van der Waals surface area (Å²) >= 11 is 0.777. The second-order valence-corrected chi connectivity index (χ2v) is 6.86. The van der Waals surface area contributed by atoms with E-state index < -0.39 is 22.1 Å². The predicted molar refractivity (Wildman–Crippen MR) is 61.2 cm³/mol. The number of hydrogen-bond acceptors (Lipinski definition) is 4. The van der Waals surface area contributed by atoms with Crippen molar-refractivity contribution in [3.05, 3.63) is 16.1 Å². The first-order valence-electron chi connectivity index (χ1n) is 4.70. The first-order valence-corrected chi connectivity index (χ1v) is 6.98. The van der Waals surface area contributed by atoms with E-state index >= 15 is 0 Å². The van der Waals surface area contributed by atoms with Crippen molar-refractivity contribution in [3.63, 3.8) is 0 Å². The highest BCUT2D eigenvalue weighted by Gasteiger charge is 2.34. The molecule has 0 radical (unpaired) electrons. The summed E-state index contributed by atoms with van der Waals surface area (Å²) in [5, 5.41) is 0.959. The smallest absolute Gasteiger partial charge is 0.235 e. The highest BCUT2D eigenvalue weighted by atomic mass is 32.2. The van der Waals surface area contributed by atoms with Gasteiger partial charge in [-0.25, -0.2) is 4.98 Å².